The van der Waals surface area contributed by atoms with Gasteiger partial charge in [0.1, 0.15) is 0 Å². The lowest BCUT2D eigenvalue weighted by atomic mass is 9.63. The number of carbonyl (C=O) groups is 2. The van der Waals surface area contributed by atoms with Crippen LogP contribution in [0.2, 0.25) is 0 Å². The van der Waals surface area contributed by atoms with E-state index in [1.807, 2.05) is 6.07 Å². The van der Waals surface area contributed by atoms with Crippen molar-refractivity contribution in [2.45, 2.75) is 12.8 Å². The maximum absolute atomic E-state index is 12.7. The average molecular weight is 324 g/mol. The minimum Gasteiger partial charge on any atom is -0.454 e. The van der Waals surface area contributed by atoms with Crippen LogP contribution in [0, 0.1) is 23.7 Å². The lowest BCUT2D eigenvalue weighted by Gasteiger charge is -2.37. The molecule has 0 radical (unpaired) electrons. The Morgan fingerprint density at radius 2 is 1.67 bits per heavy atom. The quantitative estimate of drug-likeness (QED) is 0.474. The molecular weight excluding hydrogens is 308 g/mol. The van der Waals surface area contributed by atoms with Gasteiger partial charge in [0.15, 0.2) is 11.5 Å². The number of hydrazone groups is 1. The molecule has 122 valence electrons. The second-order valence-electron chi connectivity index (χ2n) is 6.69. The number of ether oxygens (including phenoxy) is 2. The zero-order valence-electron chi connectivity index (χ0n) is 12.9. The van der Waals surface area contributed by atoms with E-state index in [1.54, 1.807) is 12.1 Å². The number of amides is 2. The number of carbonyl (C=O) groups excluding carboxylic acids is 2. The molecular formula is C18H16N2O4. The third-order valence-electron chi connectivity index (χ3n) is 5.45. The number of imide groups is 1. The molecule has 3 aliphatic carbocycles. The monoisotopic (exact) mass is 324 g/mol. The molecule has 0 N–H and O–H groups in total. The zero-order chi connectivity index (χ0) is 16.3. The van der Waals surface area contributed by atoms with Gasteiger partial charge in [0.05, 0.1) is 18.1 Å². The fourth-order valence-corrected chi connectivity index (χ4v) is 4.29. The van der Waals surface area contributed by atoms with Crippen LogP contribution in [-0.2, 0) is 9.59 Å². The van der Waals surface area contributed by atoms with E-state index in [9.17, 15) is 9.59 Å². The van der Waals surface area contributed by atoms with Crippen LogP contribution in [0.4, 0.5) is 0 Å². The van der Waals surface area contributed by atoms with Gasteiger partial charge in [-0.2, -0.15) is 10.1 Å². The smallest absolute Gasteiger partial charge is 0.254 e. The van der Waals surface area contributed by atoms with E-state index in [4.69, 9.17) is 9.47 Å². The summed E-state index contributed by atoms with van der Waals surface area (Å²) in [6.45, 7) is 0.207. The molecule has 2 aliphatic heterocycles. The highest BCUT2D eigenvalue weighted by molar-refractivity contribution is 6.06. The van der Waals surface area contributed by atoms with Crippen LogP contribution in [0.5, 0.6) is 11.5 Å². The van der Waals surface area contributed by atoms with Gasteiger partial charge in [-0.1, -0.05) is 12.2 Å². The summed E-state index contributed by atoms with van der Waals surface area (Å²) in [5, 5.41) is 5.25. The second kappa shape index (κ2) is 4.93. The van der Waals surface area contributed by atoms with Crippen molar-refractivity contribution in [2.75, 3.05) is 6.79 Å². The molecule has 2 heterocycles. The Morgan fingerprint density at radius 1 is 1.00 bits per heavy atom. The molecule has 6 rings (SSSR count). The van der Waals surface area contributed by atoms with E-state index >= 15 is 0 Å². The summed E-state index contributed by atoms with van der Waals surface area (Å²) in [6, 6.07) is 5.40. The predicted octanol–water partition coefficient (Wildman–Crippen LogP) is 1.95. The fraction of sp³-hybridized carbons (Fsp3) is 0.389. The molecule has 6 heteroatoms. The third-order valence-corrected chi connectivity index (χ3v) is 5.45. The van der Waals surface area contributed by atoms with Gasteiger partial charge in [-0.15, -0.1) is 0 Å². The van der Waals surface area contributed by atoms with Gasteiger partial charge < -0.3 is 9.47 Å². The first-order valence-corrected chi connectivity index (χ1v) is 8.22. The van der Waals surface area contributed by atoms with Crippen molar-refractivity contribution in [1.82, 2.24) is 5.01 Å². The Hall–Kier alpha value is -2.63. The summed E-state index contributed by atoms with van der Waals surface area (Å²) in [5.74, 6) is 0.917. The molecule has 1 aromatic carbocycles. The Morgan fingerprint density at radius 3 is 2.33 bits per heavy atom. The van der Waals surface area contributed by atoms with Gasteiger partial charge in [0, 0.05) is 0 Å². The van der Waals surface area contributed by atoms with Crippen LogP contribution in [0.3, 0.4) is 0 Å². The molecule has 0 unspecified atom stereocenters. The molecule has 6 nitrogen and oxygen atoms in total. The molecule has 1 saturated heterocycles. The van der Waals surface area contributed by atoms with Crippen LogP contribution >= 0.6 is 0 Å². The van der Waals surface area contributed by atoms with Crippen molar-refractivity contribution in [3.63, 3.8) is 0 Å². The van der Waals surface area contributed by atoms with Gasteiger partial charge in [-0.25, -0.2) is 0 Å². The Labute approximate surface area is 138 Å². The first-order valence-electron chi connectivity index (χ1n) is 8.22. The third kappa shape index (κ3) is 1.85. The first-order chi connectivity index (χ1) is 11.7. The van der Waals surface area contributed by atoms with E-state index in [0.29, 0.717) is 11.5 Å². The summed E-state index contributed by atoms with van der Waals surface area (Å²) >= 11 is 0. The van der Waals surface area contributed by atoms with Gasteiger partial charge >= 0.3 is 0 Å². The van der Waals surface area contributed by atoms with Gasteiger partial charge in [0.2, 0.25) is 6.79 Å². The highest BCUT2D eigenvalue weighted by atomic mass is 16.7. The summed E-state index contributed by atoms with van der Waals surface area (Å²) in [4.78, 5) is 25.3. The minimum absolute atomic E-state index is 0.166. The highest BCUT2D eigenvalue weighted by Gasteiger charge is 2.56. The van der Waals surface area contributed by atoms with E-state index < -0.39 is 0 Å². The van der Waals surface area contributed by atoms with E-state index in [-0.39, 0.29) is 42.3 Å². The normalized spacial score (nSPS) is 32.9. The van der Waals surface area contributed by atoms with E-state index in [0.717, 1.165) is 23.4 Å². The van der Waals surface area contributed by atoms with Crippen molar-refractivity contribution in [1.29, 1.82) is 0 Å². The molecule has 1 saturated carbocycles. The number of rotatable bonds is 2. The van der Waals surface area contributed by atoms with Gasteiger partial charge in [-0.3, -0.25) is 9.59 Å². The summed E-state index contributed by atoms with van der Waals surface area (Å²) in [6.07, 6.45) is 7.71. The summed E-state index contributed by atoms with van der Waals surface area (Å²) in [5.41, 5.74) is 0.760. The summed E-state index contributed by atoms with van der Waals surface area (Å²) < 4.78 is 10.6. The van der Waals surface area contributed by atoms with Crippen molar-refractivity contribution < 1.29 is 19.1 Å². The number of fused-ring (bicyclic) bond motifs is 2. The average Bonchev–Trinajstić information content (AvgIpc) is 3.18. The van der Waals surface area contributed by atoms with Crippen LogP contribution in [0.15, 0.2) is 35.5 Å². The number of allylic oxidation sites excluding steroid dienone is 2. The van der Waals surface area contributed by atoms with Gasteiger partial charge in [0.25, 0.3) is 11.8 Å². The lowest BCUT2D eigenvalue weighted by Crippen LogP contribution is -2.38. The number of nitrogens with zero attached hydrogens (tertiary/aromatic N) is 2. The van der Waals surface area contributed by atoms with Crippen molar-refractivity contribution in [3.05, 3.63) is 35.9 Å². The molecule has 2 fully saturated rings. The van der Waals surface area contributed by atoms with Crippen LogP contribution in [0.25, 0.3) is 0 Å². The predicted molar refractivity (Wildman–Crippen MR) is 84.3 cm³/mol. The lowest BCUT2D eigenvalue weighted by molar-refractivity contribution is -0.140. The fourth-order valence-electron chi connectivity index (χ4n) is 4.29. The highest BCUT2D eigenvalue weighted by Crippen LogP contribution is 2.49. The van der Waals surface area contributed by atoms with Gasteiger partial charge in [-0.05, 0) is 48.4 Å². The van der Waals surface area contributed by atoms with E-state index in [2.05, 4.69) is 17.3 Å². The molecule has 1 aromatic rings. The van der Waals surface area contributed by atoms with Crippen LogP contribution in [-0.4, -0.2) is 29.8 Å². The maximum atomic E-state index is 12.7. The number of hydrogen-bond donors (Lipinski definition) is 0. The SMILES string of the molecule is O=C1[C@H]2[C@H](C(=O)N1/N=C\c1ccc3c(c1)OCO3)[C@@H]1C=C[C@@H]2CC1. The van der Waals surface area contributed by atoms with Crippen LogP contribution < -0.4 is 9.47 Å². The molecule has 0 spiro atoms. The Kier molecular flexibility index (Phi) is 2.83. The second-order valence-corrected chi connectivity index (χ2v) is 6.69. The molecule has 4 atom stereocenters. The van der Waals surface area contributed by atoms with E-state index in [1.165, 1.54) is 6.21 Å². The van der Waals surface area contributed by atoms with Crippen molar-refractivity contribution in [3.8, 4) is 11.5 Å². The standard InChI is InChI=1S/C18H16N2O4/c21-17-15-11-2-3-12(5-4-11)16(15)18(22)20(17)19-8-10-1-6-13-14(7-10)24-9-23-13/h1-3,6-8,11-12,15-16H,4-5,9H2/b19-8-/t11-,12-,15-,16-/m1/s1. The molecule has 2 amide bonds. The van der Waals surface area contributed by atoms with Crippen molar-refractivity contribution in [2.24, 2.45) is 28.8 Å². The molecule has 5 aliphatic rings. The number of benzene rings is 1. The number of hydrogen-bond acceptors (Lipinski definition) is 5. The van der Waals surface area contributed by atoms with Crippen molar-refractivity contribution >= 4 is 18.0 Å². The Balaban J connectivity index is 1.42. The summed E-state index contributed by atoms with van der Waals surface area (Å²) in [7, 11) is 0. The first kappa shape index (κ1) is 13.8. The van der Waals surface area contributed by atoms with Crippen LogP contribution in [0.1, 0.15) is 18.4 Å². The Bertz CT molecular complexity index is 768. The molecule has 0 aromatic heterocycles. The maximum Gasteiger partial charge on any atom is 0.254 e. The molecule has 2 bridgehead atoms. The zero-order valence-corrected chi connectivity index (χ0v) is 12.9. The largest absolute Gasteiger partial charge is 0.454 e. The minimum atomic E-state index is -0.227. The molecule has 24 heavy (non-hydrogen) atoms. The topological polar surface area (TPSA) is 68.2 Å².